The standard InChI is InChI=1S/C15H23BrN2OS/c1-4-5-6-7-12(10-15(2,3)20(17)19)13-8-9-18-11-14(13)16/h4-5,8-9,11-12H,6-7,10,17H2,1-3H3/b5-4-/t12-,20?/m1/s1. The first-order valence-corrected chi connectivity index (χ1v) is 8.76. The monoisotopic (exact) mass is 358 g/mol. The van der Waals surface area contributed by atoms with Crippen LogP contribution in [0.25, 0.3) is 0 Å². The molecule has 0 amide bonds. The highest BCUT2D eigenvalue weighted by molar-refractivity contribution is 9.10. The molecule has 0 spiro atoms. The topological polar surface area (TPSA) is 56.0 Å². The van der Waals surface area contributed by atoms with Gasteiger partial charge in [0.05, 0.1) is 15.7 Å². The number of pyridine rings is 1. The van der Waals surface area contributed by atoms with E-state index in [1.54, 1.807) is 6.20 Å². The highest BCUT2D eigenvalue weighted by atomic mass is 79.9. The summed E-state index contributed by atoms with van der Waals surface area (Å²) in [6.45, 7) is 5.94. The molecule has 1 aromatic rings. The Bertz CT molecular complexity index is 489. The number of aromatic nitrogens is 1. The zero-order chi connectivity index (χ0) is 15.2. The van der Waals surface area contributed by atoms with Gasteiger partial charge < -0.3 is 0 Å². The minimum absolute atomic E-state index is 0.311. The summed E-state index contributed by atoms with van der Waals surface area (Å²) in [7, 11) is -1.33. The zero-order valence-electron chi connectivity index (χ0n) is 12.3. The molecule has 2 atom stereocenters. The Kier molecular flexibility index (Phi) is 7.06. The maximum Gasteiger partial charge on any atom is 0.0945 e. The van der Waals surface area contributed by atoms with Crippen LogP contribution in [0, 0.1) is 0 Å². The normalized spacial score (nSPS) is 15.4. The predicted octanol–water partition coefficient (Wildman–Crippen LogP) is 4.08. The van der Waals surface area contributed by atoms with Crippen LogP contribution in [0.1, 0.15) is 51.5 Å². The molecule has 1 rings (SSSR count). The second kappa shape index (κ2) is 8.05. The van der Waals surface area contributed by atoms with Gasteiger partial charge in [-0.1, -0.05) is 12.2 Å². The second-order valence-corrected chi connectivity index (χ2v) is 8.06. The summed E-state index contributed by atoms with van der Waals surface area (Å²) in [6.07, 6.45) is 10.6. The lowest BCUT2D eigenvalue weighted by atomic mass is 9.87. The zero-order valence-corrected chi connectivity index (χ0v) is 14.7. The highest BCUT2D eigenvalue weighted by Gasteiger charge is 2.29. The van der Waals surface area contributed by atoms with Gasteiger partial charge in [-0.25, -0.2) is 4.21 Å². The average molecular weight is 359 g/mol. The SMILES string of the molecule is C/C=C\CC[C@H](CC(C)(C)S(N)=O)c1ccncc1Br. The van der Waals surface area contributed by atoms with E-state index >= 15 is 0 Å². The van der Waals surface area contributed by atoms with Crippen LogP contribution >= 0.6 is 15.9 Å². The summed E-state index contributed by atoms with van der Waals surface area (Å²) >= 11 is 3.56. The lowest BCUT2D eigenvalue weighted by Gasteiger charge is -2.28. The van der Waals surface area contributed by atoms with Gasteiger partial charge in [0.25, 0.3) is 0 Å². The molecular weight excluding hydrogens is 336 g/mol. The molecule has 0 bridgehead atoms. The Hall–Kier alpha value is -0.520. The van der Waals surface area contributed by atoms with E-state index in [0.29, 0.717) is 5.92 Å². The Balaban J connectivity index is 2.97. The van der Waals surface area contributed by atoms with Gasteiger partial charge in [-0.15, -0.1) is 0 Å². The van der Waals surface area contributed by atoms with Crippen molar-refractivity contribution in [1.29, 1.82) is 0 Å². The van der Waals surface area contributed by atoms with E-state index in [1.165, 1.54) is 5.56 Å². The smallest absolute Gasteiger partial charge is 0.0945 e. The van der Waals surface area contributed by atoms with E-state index in [0.717, 1.165) is 23.7 Å². The molecule has 1 heterocycles. The molecular formula is C15H23BrN2OS. The van der Waals surface area contributed by atoms with E-state index in [9.17, 15) is 4.21 Å². The van der Waals surface area contributed by atoms with Gasteiger partial charge in [0.2, 0.25) is 0 Å². The van der Waals surface area contributed by atoms with Crippen molar-refractivity contribution < 1.29 is 4.21 Å². The molecule has 0 aliphatic rings. The lowest BCUT2D eigenvalue weighted by Crippen LogP contribution is -2.33. The summed E-state index contributed by atoms with van der Waals surface area (Å²) in [5, 5.41) is 5.62. The number of hydrogen-bond donors (Lipinski definition) is 1. The minimum atomic E-state index is -1.33. The number of nitrogens with two attached hydrogens (primary N) is 1. The Morgan fingerprint density at radius 2 is 2.25 bits per heavy atom. The fourth-order valence-corrected chi connectivity index (χ4v) is 3.16. The van der Waals surface area contributed by atoms with E-state index in [2.05, 4.69) is 33.1 Å². The highest BCUT2D eigenvalue weighted by Crippen LogP contribution is 2.35. The summed E-state index contributed by atoms with van der Waals surface area (Å²) in [4.78, 5) is 4.11. The molecule has 2 N–H and O–H groups in total. The van der Waals surface area contributed by atoms with Crippen molar-refractivity contribution in [2.45, 2.75) is 50.7 Å². The van der Waals surface area contributed by atoms with Crippen molar-refractivity contribution in [2.24, 2.45) is 5.14 Å². The molecule has 0 fully saturated rings. The maximum absolute atomic E-state index is 11.7. The number of halogens is 1. The molecule has 0 aliphatic heterocycles. The first kappa shape index (κ1) is 17.5. The van der Waals surface area contributed by atoms with Gasteiger partial charge in [0.1, 0.15) is 0 Å². The molecule has 1 aromatic heterocycles. The van der Waals surface area contributed by atoms with E-state index in [1.807, 2.05) is 33.0 Å². The van der Waals surface area contributed by atoms with E-state index in [4.69, 9.17) is 5.14 Å². The third kappa shape index (κ3) is 5.11. The summed E-state index contributed by atoms with van der Waals surface area (Å²) in [5.74, 6) is 0.311. The van der Waals surface area contributed by atoms with E-state index < -0.39 is 15.7 Å². The average Bonchev–Trinajstić information content (AvgIpc) is 2.38. The molecule has 0 aliphatic carbocycles. The maximum atomic E-state index is 11.7. The predicted molar refractivity (Wildman–Crippen MR) is 89.8 cm³/mol. The van der Waals surface area contributed by atoms with Crippen LogP contribution < -0.4 is 5.14 Å². The third-order valence-corrected chi connectivity index (χ3v) is 5.36. The minimum Gasteiger partial charge on any atom is -0.264 e. The van der Waals surface area contributed by atoms with Crippen LogP contribution in [-0.2, 0) is 11.0 Å². The number of hydrogen-bond acceptors (Lipinski definition) is 2. The largest absolute Gasteiger partial charge is 0.264 e. The van der Waals surface area contributed by atoms with Crippen molar-refractivity contribution in [3.63, 3.8) is 0 Å². The first-order valence-electron chi connectivity index (χ1n) is 6.75. The van der Waals surface area contributed by atoms with Crippen molar-refractivity contribution in [2.75, 3.05) is 0 Å². The van der Waals surface area contributed by atoms with Gasteiger partial charge in [-0.3, -0.25) is 10.1 Å². The van der Waals surface area contributed by atoms with Crippen LogP contribution in [0.15, 0.2) is 35.1 Å². The quantitative estimate of drug-likeness (QED) is 0.746. The van der Waals surface area contributed by atoms with Crippen LogP contribution in [0.4, 0.5) is 0 Å². The van der Waals surface area contributed by atoms with E-state index in [-0.39, 0.29) is 0 Å². The van der Waals surface area contributed by atoms with Gasteiger partial charge in [0.15, 0.2) is 0 Å². The molecule has 1 unspecified atom stereocenters. The second-order valence-electron chi connectivity index (χ2n) is 5.50. The fraction of sp³-hybridized carbons (Fsp3) is 0.533. The van der Waals surface area contributed by atoms with Crippen LogP contribution in [0.5, 0.6) is 0 Å². The van der Waals surface area contributed by atoms with Crippen molar-refractivity contribution in [1.82, 2.24) is 4.98 Å². The van der Waals surface area contributed by atoms with Crippen molar-refractivity contribution in [3.05, 3.63) is 40.6 Å². The Morgan fingerprint density at radius 1 is 1.55 bits per heavy atom. The molecule has 0 aromatic carbocycles. The third-order valence-electron chi connectivity index (χ3n) is 3.44. The van der Waals surface area contributed by atoms with Crippen molar-refractivity contribution >= 4 is 26.9 Å². The van der Waals surface area contributed by atoms with Crippen molar-refractivity contribution in [3.8, 4) is 0 Å². The number of rotatable bonds is 7. The molecule has 3 nitrogen and oxygen atoms in total. The van der Waals surface area contributed by atoms with Gasteiger partial charge in [0, 0.05) is 16.9 Å². The fourth-order valence-electron chi connectivity index (χ4n) is 2.22. The Morgan fingerprint density at radius 3 is 2.80 bits per heavy atom. The summed E-state index contributed by atoms with van der Waals surface area (Å²) in [5.41, 5.74) is 1.21. The van der Waals surface area contributed by atoms with Crippen LogP contribution in [-0.4, -0.2) is 13.9 Å². The van der Waals surface area contributed by atoms with Crippen LogP contribution in [0.3, 0.4) is 0 Å². The molecule has 20 heavy (non-hydrogen) atoms. The number of nitrogens with zero attached hydrogens (tertiary/aromatic N) is 1. The molecule has 0 saturated carbocycles. The molecule has 112 valence electrons. The molecule has 5 heteroatoms. The number of allylic oxidation sites excluding steroid dienone is 2. The first-order chi connectivity index (χ1) is 9.38. The summed E-state index contributed by atoms with van der Waals surface area (Å²) in [6, 6.07) is 2.03. The van der Waals surface area contributed by atoms with Gasteiger partial charge in [-0.05, 0) is 73.5 Å². The molecule has 0 radical (unpaired) electrons. The van der Waals surface area contributed by atoms with Gasteiger partial charge in [-0.2, -0.15) is 0 Å². The molecule has 0 saturated heterocycles. The lowest BCUT2D eigenvalue weighted by molar-refractivity contribution is 0.495. The van der Waals surface area contributed by atoms with Gasteiger partial charge >= 0.3 is 0 Å². The Labute approximate surface area is 132 Å². The summed E-state index contributed by atoms with van der Waals surface area (Å²) < 4.78 is 12.3. The van der Waals surface area contributed by atoms with Crippen LogP contribution in [0.2, 0.25) is 0 Å².